The van der Waals surface area contributed by atoms with Crippen LogP contribution in [0.1, 0.15) is 94.9 Å². The van der Waals surface area contributed by atoms with Crippen LogP contribution in [0.25, 0.3) is 0 Å². The Morgan fingerprint density at radius 1 is 0.982 bits per heavy atom. The number of aldehydes is 1. The number of likely N-dealkylation sites (N-methyl/N-ethyl adjacent to an activating group) is 2. The minimum Gasteiger partial charge on any atom is -0.458 e. The van der Waals surface area contributed by atoms with Gasteiger partial charge in [0.05, 0.1) is 41.5 Å². The van der Waals surface area contributed by atoms with E-state index in [1.54, 1.807) is 41.5 Å². The van der Waals surface area contributed by atoms with Crippen molar-refractivity contribution in [2.24, 2.45) is 17.8 Å². The highest BCUT2D eigenvalue weighted by atomic mass is 16.7. The molecular weight excluding hydrogens is 744 g/mol. The first-order valence-corrected chi connectivity index (χ1v) is 20.5. The Balaban J connectivity index is 2.21. The zero-order valence-corrected chi connectivity index (χ0v) is 36.8. The van der Waals surface area contributed by atoms with Crippen LogP contribution in [0.3, 0.4) is 0 Å². The lowest BCUT2D eigenvalue weighted by molar-refractivity contribution is -0.320. The molecule has 3 rings (SSSR count). The number of hydrogen-bond donors (Lipinski definition) is 3. The summed E-state index contributed by atoms with van der Waals surface area (Å²) in [7, 11) is 7.12. The lowest BCUT2D eigenvalue weighted by Crippen LogP contribution is -2.61. The molecule has 3 aliphatic rings. The van der Waals surface area contributed by atoms with Crippen LogP contribution >= 0.6 is 0 Å². The van der Waals surface area contributed by atoms with E-state index in [1.165, 1.54) is 7.11 Å². The molecule has 3 fully saturated rings. The van der Waals surface area contributed by atoms with Gasteiger partial charge in [0.2, 0.25) is 0 Å². The average molecular weight is 819 g/mol. The first kappa shape index (κ1) is 49.5. The molecule has 1 unspecified atom stereocenters. The number of carbonyl (C=O) groups is 3. The Morgan fingerprint density at radius 3 is 2.19 bits per heavy atom. The summed E-state index contributed by atoms with van der Waals surface area (Å²) in [6.45, 7) is 18.3. The van der Waals surface area contributed by atoms with E-state index in [2.05, 4.69) is 0 Å². The maximum atomic E-state index is 14.5. The van der Waals surface area contributed by atoms with Crippen LogP contribution in [0.5, 0.6) is 0 Å². The summed E-state index contributed by atoms with van der Waals surface area (Å²) < 4.78 is 49.7. The van der Waals surface area contributed by atoms with Crippen molar-refractivity contribution in [3.8, 4) is 0 Å². The molecule has 0 bridgehead atoms. The minimum atomic E-state index is -1.63. The molecule has 0 aromatic rings. The molecule has 0 aromatic carbocycles. The summed E-state index contributed by atoms with van der Waals surface area (Å²) in [5.74, 6) is -2.74. The third kappa shape index (κ3) is 11.5. The van der Waals surface area contributed by atoms with E-state index in [1.807, 2.05) is 58.6 Å². The van der Waals surface area contributed by atoms with Crippen molar-refractivity contribution < 1.29 is 67.6 Å². The standard InChI is InChI=1S/C41H74N2O14/c1-15-30-41(10,52-22-45)34(47)27(6)43(13)21-23(2)19-39(8,49)35(57-38-32(46)29(42(11)12)18-24(3)53-38)25(4)33(26(5)37(48)55-30)56-31-20-40(9,50-14)36(28(7)54-31)51-17-16-44/h16,22-36,38,46-47,49H,15,17-21H2,1-14H3/t23-,24-,25+,26-,27-,28+,29+,30-,31?,32-,33+,34+,35-,36+,38+,39-,40-,41-/m1/s1. The largest absolute Gasteiger partial charge is 0.458 e. The fourth-order valence-electron chi connectivity index (χ4n) is 9.41. The fourth-order valence-corrected chi connectivity index (χ4v) is 9.41. The summed E-state index contributed by atoms with van der Waals surface area (Å²) in [4.78, 5) is 41.5. The summed E-state index contributed by atoms with van der Waals surface area (Å²) in [6.07, 6.45) is -7.41. The van der Waals surface area contributed by atoms with E-state index in [9.17, 15) is 29.7 Å². The van der Waals surface area contributed by atoms with Gasteiger partial charge < -0.3 is 67.8 Å². The molecule has 0 spiro atoms. The molecule has 0 aromatic heterocycles. The molecule has 332 valence electrons. The highest BCUT2D eigenvalue weighted by molar-refractivity contribution is 5.73. The maximum Gasteiger partial charge on any atom is 0.311 e. The second kappa shape index (κ2) is 20.6. The van der Waals surface area contributed by atoms with E-state index >= 15 is 0 Å². The first-order valence-electron chi connectivity index (χ1n) is 20.5. The third-order valence-electron chi connectivity index (χ3n) is 12.8. The Kier molecular flexibility index (Phi) is 17.9. The lowest BCUT2D eigenvalue weighted by Gasteiger charge is -2.49. The monoisotopic (exact) mass is 819 g/mol. The smallest absolute Gasteiger partial charge is 0.311 e. The summed E-state index contributed by atoms with van der Waals surface area (Å²) in [5.41, 5.74) is -4.19. The third-order valence-corrected chi connectivity index (χ3v) is 12.8. The molecule has 0 amide bonds. The Hall–Kier alpha value is -1.83. The van der Waals surface area contributed by atoms with Gasteiger partial charge >= 0.3 is 5.97 Å². The Morgan fingerprint density at radius 2 is 1.63 bits per heavy atom. The van der Waals surface area contributed by atoms with Gasteiger partial charge in [-0.2, -0.15) is 0 Å². The molecule has 0 saturated carbocycles. The number of esters is 1. The molecular formula is C41H74N2O14. The van der Waals surface area contributed by atoms with Gasteiger partial charge in [-0.1, -0.05) is 20.8 Å². The van der Waals surface area contributed by atoms with Gasteiger partial charge in [0.1, 0.15) is 37.3 Å². The summed E-state index contributed by atoms with van der Waals surface area (Å²) >= 11 is 0. The normalized spacial score (nSPS) is 46.1. The molecule has 3 aliphatic heterocycles. The molecule has 0 aliphatic carbocycles. The second-order valence-corrected chi connectivity index (χ2v) is 17.8. The van der Waals surface area contributed by atoms with E-state index in [4.69, 9.17) is 37.9 Å². The maximum absolute atomic E-state index is 14.5. The summed E-state index contributed by atoms with van der Waals surface area (Å²) in [6, 6.07) is -0.871. The van der Waals surface area contributed by atoms with Gasteiger partial charge in [-0.15, -0.1) is 0 Å². The molecule has 57 heavy (non-hydrogen) atoms. The molecule has 16 nitrogen and oxygen atoms in total. The SMILES string of the molecule is CC[C@H]1OC(=O)[C@H](C)[C@@H](OC2C[C@@](C)(OC)[C@@H](OCC=O)[C@H](C)O2)[C@H](C)[C@@H](O[C@@H]2O[C@H](C)C[C@H](N(C)C)[C@H]2O)[C@](C)(O)C[C@@H](C)CN(C)[C@H](C)[C@H](O)[C@]1(C)OC=O. The Bertz CT molecular complexity index is 1290. The van der Waals surface area contributed by atoms with Crippen LogP contribution in [0.15, 0.2) is 0 Å². The van der Waals surface area contributed by atoms with Crippen molar-refractivity contribution >= 4 is 18.7 Å². The Labute approximate surface area is 340 Å². The number of ether oxygens (including phenoxy) is 8. The van der Waals surface area contributed by atoms with Crippen LogP contribution in [-0.4, -0.2) is 176 Å². The van der Waals surface area contributed by atoms with Gasteiger partial charge in [-0.25, -0.2) is 0 Å². The first-order chi connectivity index (χ1) is 26.5. The van der Waals surface area contributed by atoms with Gasteiger partial charge in [0.25, 0.3) is 6.47 Å². The van der Waals surface area contributed by atoms with Gasteiger partial charge in [-0.3, -0.25) is 9.59 Å². The van der Waals surface area contributed by atoms with Crippen LogP contribution in [-0.2, 0) is 52.3 Å². The van der Waals surface area contributed by atoms with Crippen molar-refractivity contribution in [1.29, 1.82) is 0 Å². The molecule has 3 saturated heterocycles. The molecule has 3 N–H and O–H groups in total. The average Bonchev–Trinajstić information content (AvgIpc) is 3.13. The van der Waals surface area contributed by atoms with Crippen molar-refractivity contribution in [2.75, 3.05) is 41.4 Å². The highest BCUT2D eigenvalue weighted by Gasteiger charge is 2.54. The molecule has 3 heterocycles. The van der Waals surface area contributed by atoms with Crippen molar-refractivity contribution in [1.82, 2.24) is 9.80 Å². The lowest BCUT2D eigenvalue weighted by atomic mass is 9.77. The number of nitrogens with zero attached hydrogens (tertiary/aromatic N) is 2. The number of carbonyl (C=O) groups excluding carboxylic acids is 3. The number of methoxy groups -OCH3 is 1. The van der Waals surface area contributed by atoms with Crippen LogP contribution < -0.4 is 0 Å². The van der Waals surface area contributed by atoms with Crippen molar-refractivity contribution in [2.45, 2.75) is 185 Å². The molecule has 0 radical (unpaired) electrons. The zero-order valence-electron chi connectivity index (χ0n) is 36.8. The number of aliphatic hydroxyl groups is 3. The summed E-state index contributed by atoms with van der Waals surface area (Å²) in [5, 5.41) is 36.0. The number of aliphatic hydroxyl groups excluding tert-OH is 2. The second-order valence-electron chi connectivity index (χ2n) is 17.8. The topological polar surface area (TPSA) is 192 Å². The quantitative estimate of drug-likeness (QED) is 0.192. The van der Waals surface area contributed by atoms with Gasteiger partial charge in [0.15, 0.2) is 18.2 Å². The van der Waals surface area contributed by atoms with Crippen molar-refractivity contribution in [3.63, 3.8) is 0 Å². The molecule has 18 atom stereocenters. The van der Waals surface area contributed by atoms with Crippen molar-refractivity contribution in [3.05, 3.63) is 0 Å². The highest BCUT2D eigenvalue weighted by Crippen LogP contribution is 2.41. The number of rotatable bonds is 12. The van der Waals surface area contributed by atoms with E-state index in [0.717, 1.165) is 0 Å². The van der Waals surface area contributed by atoms with Crippen LogP contribution in [0.4, 0.5) is 0 Å². The number of hydrogen-bond acceptors (Lipinski definition) is 16. The minimum absolute atomic E-state index is 0.146. The van der Waals surface area contributed by atoms with Gasteiger partial charge in [-0.05, 0) is 94.8 Å². The molecule has 16 heteroatoms. The zero-order chi connectivity index (χ0) is 43.2. The van der Waals surface area contributed by atoms with E-state index in [-0.39, 0.29) is 50.4 Å². The fraction of sp³-hybridized carbons (Fsp3) is 0.927. The number of cyclic esters (lactones) is 1. The van der Waals surface area contributed by atoms with E-state index in [0.29, 0.717) is 19.3 Å². The van der Waals surface area contributed by atoms with Gasteiger partial charge in [0, 0.05) is 38.1 Å². The van der Waals surface area contributed by atoms with Crippen LogP contribution in [0.2, 0.25) is 0 Å². The predicted octanol–water partition coefficient (Wildman–Crippen LogP) is 2.30. The van der Waals surface area contributed by atoms with Crippen LogP contribution in [0, 0.1) is 17.8 Å². The van der Waals surface area contributed by atoms with E-state index < -0.39 is 96.0 Å². The predicted molar refractivity (Wildman–Crippen MR) is 209 cm³/mol.